The van der Waals surface area contributed by atoms with Crippen molar-refractivity contribution in [2.45, 2.75) is 19.6 Å². The SMILES string of the molecule is COc1ccc(Cn2nccc2NC(=O)[C@@H](C)Oc2ccc(F)cc2)cc1. The Morgan fingerprint density at radius 1 is 1.11 bits per heavy atom. The van der Waals surface area contributed by atoms with Crippen LogP contribution in [0.5, 0.6) is 11.5 Å². The predicted octanol–water partition coefficient (Wildman–Crippen LogP) is 3.49. The first-order valence-electron chi connectivity index (χ1n) is 8.43. The molecule has 0 unspecified atom stereocenters. The van der Waals surface area contributed by atoms with Crippen LogP contribution in [-0.2, 0) is 11.3 Å². The van der Waals surface area contributed by atoms with Crippen molar-refractivity contribution in [3.05, 3.63) is 72.2 Å². The number of rotatable bonds is 7. The number of methoxy groups -OCH3 is 1. The van der Waals surface area contributed by atoms with Crippen LogP contribution >= 0.6 is 0 Å². The summed E-state index contributed by atoms with van der Waals surface area (Å²) in [6.07, 6.45) is 0.866. The van der Waals surface area contributed by atoms with Crippen LogP contribution in [0.1, 0.15) is 12.5 Å². The number of halogens is 1. The topological polar surface area (TPSA) is 65.4 Å². The Kier molecular flexibility index (Phi) is 5.71. The monoisotopic (exact) mass is 369 g/mol. The number of carbonyl (C=O) groups excluding carboxylic acids is 1. The molecule has 1 atom stereocenters. The van der Waals surface area contributed by atoms with Gasteiger partial charge in [0.2, 0.25) is 0 Å². The van der Waals surface area contributed by atoms with Gasteiger partial charge >= 0.3 is 0 Å². The maximum absolute atomic E-state index is 12.9. The summed E-state index contributed by atoms with van der Waals surface area (Å²) in [5.74, 6) is 1.08. The molecule has 3 aromatic rings. The second-order valence-corrected chi connectivity index (χ2v) is 5.93. The minimum atomic E-state index is -0.750. The number of carbonyl (C=O) groups is 1. The molecule has 0 aliphatic heterocycles. The zero-order chi connectivity index (χ0) is 19.2. The lowest BCUT2D eigenvalue weighted by atomic mass is 10.2. The Bertz CT molecular complexity index is 892. The molecule has 1 aromatic heterocycles. The number of aromatic nitrogens is 2. The first-order valence-corrected chi connectivity index (χ1v) is 8.43. The van der Waals surface area contributed by atoms with Crippen LogP contribution in [0.15, 0.2) is 60.8 Å². The molecule has 1 amide bonds. The Hall–Kier alpha value is -3.35. The van der Waals surface area contributed by atoms with E-state index in [0.29, 0.717) is 18.1 Å². The maximum atomic E-state index is 12.9. The molecule has 2 aromatic carbocycles. The van der Waals surface area contributed by atoms with Crippen molar-refractivity contribution in [1.29, 1.82) is 0 Å². The van der Waals surface area contributed by atoms with Crippen LogP contribution in [0.25, 0.3) is 0 Å². The van der Waals surface area contributed by atoms with Gasteiger partial charge in [0.1, 0.15) is 23.1 Å². The van der Waals surface area contributed by atoms with Gasteiger partial charge in [-0.25, -0.2) is 9.07 Å². The minimum Gasteiger partial charge on any atom is -0.497 e. The van der Waals surface area contributed by atoms with Crippen LogP contribution in [0.3, 0.4) is 0 Å². The molecule has 0 saturated heterocycles. The number of anilines is 1. The van der Waals surface area contributed by atoms with Crippen molar-refractivity contribution in [1.82, 2.24) is 9.78 Å². The van der Waals surface area contributed by atoms with E-state index in [1.807, 2.05) is 24.3 Å². The zero-order valence-corrected chi connectivity index (χ0v) is 15.1. The molecule has 0 spiro atoms. The summed E-state index contributed by atoms with van der Waals surface area (Å²) < 4.78 is 25.3. The van der Waals surface area contributed by atoms with Gasteiger partial charge in [-0.2, -0.15) is 5.10 Å². The minimum absolute atomic E-state index is 0.323. The molecule has 0 aliphatic rings. The summed E-state index contributed by atoms with van der Waals surface area (Å²) >= 11 is 0. The zero-order valence-electron chi connectivity index (χ0n) is 15.1. The molecule has 1 N–H and O–H groups in total. The van der Waals surface area contributed by atoms with Gasteiger partial charge in [-0.05, 0) is 48.9 Å². The maximum Gasteiger partial charge on any atom is 0.266 e. The van der Waals surface area contributed by atoms with Crippen molar-refractivity contribution in [3.63, 3.8) is 0 Å². The highest BCUT2D eigenvalue weighted by molar-refractivity contribution is 5.93. The molecule has 7 heteroatoms. The van der Waals surface area contributed by atoms with Crippen LogP contribution in [0, 0.1) is 5.82 Å². The average Bonchev–Trinajstić information content (AvgIpc) is 3.10. The standard InChI is InChI=1S/C20H20FN3O3/c1-14(27-18-9-5-16(21)6-10-18)20(25)23-19-11-12-22-24(19)13-15-3-7-17(26-2)8-4-15/h3-12,14H,13H2,1-2H3,(H,23,25)/t14-/m1/s1. The van der Waals surface area contributed by atoms with Crippen LogP contribution in [0.2, 0.25) is 0 Å². The summed E-state index contributed by atoms with van der Waals surface area (Å²) in [7, 11) is 1.62. The van der Waals surface area contributed by atoms with Gasteiger partial charge in [0.05, 0.1) is 19.9 Å². The number of nitrogens with one attached hydrogen (secondary N) is 1. The molecule has 3 rings (SSSR count). The molecule has 6 nitrogen and oxygen atoms in total. The highest BCUT2D eigenvalue weighted by Gasteiger charge is 2.17. The van der Waals surface area contributed by atoms with E-state index < -0.39 is 6.10 Å². The summed E-state index contributed by atoms with van der Waals surface area (Å²) in [6.45, 7) is 2.13. The van der Waals surface area contributed by atoms with Gasteiger partial charge in [0.25, 0.3) is 5.91 Å². The normalized spacial score (nSPS) is 11.7. The molecule has 0 aliphatic carbocycles. The van der Waals surface area contributed by atoms with Gasteiger partial charge < -0.3 is 14.8 Å². The fraction of sp³-hybridized carbons (Fsp3) is 0.200. The van der Waals surface area contributed by atoms with Crippen LogP contribution in [0.4, 0.5) is 10.2 Å². The number of amides is 1. The largest absolute Gasteiger partial charge is 0.497 e. The Morgan fingerprint density at radius 3 is 2.44 bits per heavy atom. The van der Waals surface area contributed by atoms with Gasteiger partial charge in [-0.3, -0.25) is 4.79 Å². The van der Waals surface area contributed by atoms with Crippen molar-refractivity contribution in [2.24, 2.45) is 0 Å². The second kappa shape index (κ2) is 8.35. The quantitative estimate of drug-likeness (QED) is 0.692. The number of nitrogens with zero attached hydrogens (tertiary/aromatic N) is 2. The van der Waals surface area contributed by atoms with Crippen molar-refractivity contribution >= 4 is 11.7 Å². The molecule has 1 heterocycles. The first kappa shape index (κ1) is 18.4. The summed E-state index contributed by atoms with van der Waals surface area (Å²) in [4.78, 5) is 12.4. The van der Waals surface area contributed by atoms with Crippen LogP contribution in [-0.4, -0.2) is 28.9 Å². The molecular formula is C20H20FN3O3. The van der Waals surface area contributed by atoms with E-state index in [1.165, 1.54) is 24.3 Å². The number of benzene rings is 2. The molecule has 27 heavy (non-hydrogen) atoms. The fourth-order valence-corrected chi connectivity index (χ4v) is 2.47. The van der Waals surface area contributed by atoms with E-state index >= 15 is 0 Å². The number of ether oxygens (including phenoxy) is 2. The molecule has 0 saturated carbocycles. The second-order valence-electron chi connectivity index (χ2n) is 5.93. The fourth-order valence-electron chi connectivity index (χ4n) is 2.47. The molecule has 140 valence electrons. The first-order chi connectivity index (χ1) is 13.0. The van der Waals surface area contributed by atoms with E-state index in [1.54, 1.807) is 31.0 Å². The molecule has 0 fully saturated rings. The molecular weight excluding hydrogens is 349 g/mol. The number of hydrogen-bond donors (Lipinski definition) is 1. The van der Waals surface area contributed by atoms with Gasteiger partial charge in [-0.1, -0.05) is 12.1 Å². The lowest BCUT2D eigenvalue weighted by molar-refractivity contribution is -0.122. The third-order valence-corrected chi connectivity index (χ3v) is 3.95. The highest BCUT2D eigenvalue weighted by Crippen LogP contribution is 2.16. The van der Waals surface area contributed by atoms with E-state index in [2.05, 4.69) is 10.4 Å². The Labute approximate surface area is 156 Å². The Balaban J connectivity index is 1.62. The van der Waals surface area contributed by atoms with E-state index in [4.69, 9.17) is 9.47 Å². The van der Waals surface area contributed by atoms with Crippen molar-refractivity contribution in [2.75, 3.05) is 12.4 Å². The summed E-state index contributed by atoms with van der Waals surface area (Å²) in [5.41, 5.74) is 1.02. The summed E-state index contributed by atoms with van der Waals surface area (Å²) in [5, 5.41) is 7.05. The van der Waals surface area contributed by atoms with Crippen molar-refractivity contribution in [3.8, 4) is 11.5 Å². The molecule has 0 bridgehead atoms. The molecule has 0 radical (unpaired) electrons. The lowest BCUT2D eigenvalue weighted by Gasteiger charge is -2.15. The van der Waals surface area contributed by atoms with Crippen LogP contribution < -0.4 is 14.8 Å². The van der Waals surface area contributed by atoms with E-state index in [9.17, 15) is 9.18 Å². The van der Waals surface area contributed by atoms with E-state index in [0.717, 1.165) is 11.3 Å². The predicted molar refractivity (Wildman–Crippen MR) is 99.4 cm³/mol. The smallest absolute Gasteiger partial charge is 0.266 e. The summed E-state index contributed by atoms with van der Waals surface area (Å²) in [6, 6.07) is 14.9. The number of hydrogen-bond acceptors (Lipinski definition) is 4. The Morgan fingerprint density at radius 2 is 1.78 bits per heavy atom. The highest BCUT2D eigenvalue weighted by atomic mass is 19.1. The third kappa shape index (κ3) is 4.84. The van der Waals surface area contributed by atoms with Crippen molar-refractivity contribution < 1.29 is 18.7 Å². The lowest BCUT2D eigenvalue weighted by Crippen LogP contribution is -2.31. The van der Waals surface area contributed by atoms with Gasteiger partial charge in [0.15, 0.2) is 6.10 Å². The van der Waals surface area contributed by atoms with E-state index in [-0.39, 0.29) is 11.7 Å². The average molecular weight is 369 g/mol. The third-order valence-electron chi connectivity index (χ3n) is 3.95. The van der Waals surface area contributed by atoms with Gasteiger partial charge in [0, 0.05) is 6.07 Å². The van der Waals surface area contributed by atoms with Gasteiger partial charge in [-0.15, -0.1) is 0 Å².